The van der Waals surface area contributed by atoms with Crippen molar-refractivity contribution < 1.29 is 4.74 Å². The molecular weight excluding hydrogens is 336 g/mol. The second-order valence-electron chi connectivity index (χ2n) is 4.82. The average molecular weight is 355 g/mol. The summed E-state index contributed by atoms with van der Waals surface area (Å²) in [5.74, 6) is 0. The number of nitrogens with zero attached hydrogens (tertiary/aromatic N) is 1. The average Bonchev–Trinajstić information content (AvgIpc) is 3.01. The molecule has 0 saturated heterocycles. The van der Waals surface area contributed by atoms with Gasteiger partial charge in [0.15, 0.2) is 5.11 Å². The van der Waals surface area contributed by atoms with Crippen LogP contribution >= 0.6 is 35.2 Å². The van der Waals surface area contributed by atoms with Crippen molar-refractivity contribution in [3.05, 3.63) is 51.7 Å². The van der Waals surface area contributed by atoms with Gasteiger partial charge in [0.1, 0.15) is 0 Å². The van der Waals surface area contributed by atoms with Crippen LogP contribution in [0.1, 0.15) is 17.8 Å². The molecular formula is C16H19ClN2OS2. The first-order valence-electron chi connectivity index (χ1n) is 6.97. The molecule has 0 aliphatic carbocycles. The van der Waals surface area contributed by atoms with Crippen LogP contribution in [-0.4, -0.2) is 30.3 Å². The number of nitrogens with one attached hydrogen (secondary N) is 1. The van der Waals surface area contributed by atoms with Gasteiger partial charge in [-0.1, -0.05) is 23.7 Å². The van der Waals surface area contributed by atoms with E-state index in [1.54, 1.807) is 18.4 Å². The van der Waals surface area contributed by atoms with Crippen LogP contribution in [0.5, 0.6) is 0 Å². The van der Waals surface area contributed by atoms with Crippen molar-refractivity contribution in [1.29, 1.82) is 0 Å². The zero-order valence-electron chi connectivity index (χ0n) is 12.6. The van der Waals surface area contributed by atoms with E-state index in [-0.39, 0.29) is 6.04 Å². The standard InChI is InChI=1S/C16H19ClN2OS2/c1-12(15-7-4-10-22-15)19(8-9-20-2)16(21)18-14-6-3-5-13(17)11-14/h3-7,10-12H,8-9H2,1-2H3,(H,18,21)/t12-/m0/s1. The van der Waals surface area contributed by atoms with Crippen LogP contribution in [0.15, 0.2) is 41.8 Å². The van der Waals surface area contributed by atoms with Gasteiger partial charge in [-0.05, 0) is 48.8 Å². The maximum absolute atomic E-state index is 6.02. The van der Waals surface area contributed by atoms with Gasteiger partial charge in [0.05, 0.1) is 12.6 Å². The normalized spacial score (nSPS) is 12.0. The van der Waals surface area contributed by atoms with Gasteiger partial charge in [-0.3, -0.25) is 0 Å². The molecule has 6 heteroatoms. The number of hydrogen-bond acceptors (Lipinski definition) is 3. The topological polar surface area (TPSA) is 24.5 Å². The van der Waals surface area contributed by atoms with Gasteiger partial charge in [-0.25, -0.2) is 0 Å². The van der Waals surface area contributed by atoms with Crippen LogP contribution in [0.2, 0.25) is 5.02 Å². The third-order valence-corrected chi connectivity index (χ3v) is 4.91. The zero-order chi connectivity index (χ0) is 15.9. The molecule has 0 aliphatic heterocycles. The molecule has 3 nitrogen and oxygen atoms in total. The van der Waals surface area contributed by atoms with Crippen LogP contribution in [0.25, 0.3) is 0 Å². The molecule has 2 aromatic rings. The van der Waals surface area contributed by atoms with E-state index in [0.717, 1.165) is 12.2 Å². The molecule has 1 aromatic carbocycles. The second-order valence-corrected chi connectivity index (χ2v) is 6.62. The van der Waals surface area contributed by atoms with Crippen LogP contribution in [0.4, 0.5) is 5.69 Å². The Bertz CT molecular complexity index is 604. The van der Waals surface area contributed by atoms with E-state index < -0.39 is 0 Å². The molecule has 0 fully saturated rings. The number of rotatable bonds is 6. The summed E-state index contributed by atoms with van der Waals surface area (Å²) in [5.41, 5.74) is 0.887. The van der Waals surface area contributed by atoms with Crippen molar-refractivity contribution in [2.75, 3.05) is 25.6 Å². The highest BCUT2D eigenvalue weighted by Crippen LogP contribution is 2.25. The van der Waals surface area contributed by atoms with Crippen LogP contribution in [0.3, 0.4) is 0 Å². The fourth-order valence-corrected chi connectivity index (χ4v) is 3.46. The third-order valence-electron chi connectivity index (χ3n) is 3.30. The van der Waals surface area contributed by atoms with Gasteiger partial charge in [0.25, 0.3) is 0 Å². The van der Waals surface area contributed by atoms with Crippen LogP contribution in [-0.2, 0) is 4.74 Å². The molecule has 0 spiro atoms. The number of benzene rings is 1. The molecule has 0 amide bonds. The van der Waals surface area contributed by atoms with Gasteiger partial charge in [0.2, 0.25) is 0 Å². The van der Waals surface area contributed by atoms with Crippen molar-refractivity contribution in [3.63, 3.8) is 0 Å². The number of methoxy groups -OCH3 is 1. The highest BCUT2D eigenvalue weighted by Gasteiger charge is 2.19. The molecule has 0 bridgehead atoms. The Hall–Kier alpha value is -1.14. The summed E-state index contributed by atoms with van der Waals surface area (Å²) >= 11 is 13.3. The summed E-state index contributed by atoms with van der Waals surface area (Å²) in [4.78, 5) is 3.40. The van der Waals surface area contributed by atoms with Gasteiger partial charge in [0, 0.05) is 29.2 Å². The smallest absolute Gasteiger partial charge is 0.174 e. The summed E-state index contributed by atoms with van der Waals surface area (Å²) in [6.45, 7) is 3.49. The van der Waals surface area contributed by atoms with Crippen LogP contribution in [0, 0.1) is 0 Å². The minimum absolute atomic E-state index is 0.189. The summed E-state index contributed by atoms with van der Waals surface area (Å²) in [7, 11) is 1.70. The zero-order valence-corrected chi connectivity index (χ0v) is 15.0. The van der Waals surface area contributed by atoms with Crippen molar-refractivity contribution >= 4 is 46.0 Å². The lowest BCUT2D eigenvalue weighted by molar-refractivity contribution is 0.166. The largest absolute Gasteiger partial charge is 0.383 e. The molecule has 0 aliphatic rings. The first-order chi connectivity index (χ1) is 10.6. The maximum atomic E-state index is 6.02. The van der Waals surface area contributed by atoms with E-state index >= 15 is 0 Å². The Balaban J connectivity index is 2.12. The van der Waals surface area contributed by atoms with E-state index in [1.165, 1.54) is 4.88 Å². The van der Waals surface area contributed by atoms with E-state index in [0.29, 0.717) is 16.7 Å². The Morgan fingerprint density at radius 1 is 1.41 bits per heavy atom. The van der Waals surface area contributed by atoms with Crippen LogP contribution < -0.4 is 5.32 Å². The summed E-state index contributed by atoms with van der Waals surface area (Å²) in [6.07, 6.45) is 0. The molecule has 0 unspecified atom stereocenters. The number of ether oxygens (including phenoxy) is 1. The van der Waals surface area contributed by atoms with Gasteiger partial charge >= 0.3 is 0 Å². The number of anilines is 1. The first kappa shape index (κ1) is 17.2. The maximum Gasteiger partial charge on any atom is 0.174 e. The van der Waals surface area contributed by atoms with Gasteiger partial charge in [-0.2, -0.15) is 0 Å². The summed E-state index contributed by atoms with van der Waals surface area (Å²) in [5, 5.41) is 6.68. The SMILES string of the molecule is COCCN(C(=S)Nc1cccc(Cl)c1)[C@@H](C)c1cccs1. The first-order valence-corrected chi connectivity index (χ1v) is 8.64. The Kier molecular flexibility index (Phi) is 6.64. The predicted molar refractivity (Wildman–Crippen MR) is 99.0 cm³/mol. The lowest BCUT2D eigenvalue weighted by atomic mass is 10.2. The quantitative estimate of drug-likeness (QED) is 0.752. The molecule has 118 valence electrons. The number of thiocarbonyl (C=S) groups is 1. The fraction of sp³-hybridized carbons (Fsp3) is 0.312. The lowest BCUT2D eigenvalue weighted by Gasteiger charge is -2.31. The monoisotopic (exact) mass is 354 g/mol. The number of hydrogen-bond donors (Lipinski definition) is 1. The minimum atomic E-state index is 0.189. The molecule has 1 aromatic heterocycles. The van der Waals surface area contributed by atoms with Crippen molar-refractivity contribution in [3.8, 4) is 0 Å². The number of thiophene rings is 1. The highest BCUT2D eigenvalue weighted by molar-refractivity contribution is 7.80. The van der Waals surface area contributed by atoms with E-state index in [2.05, 4.69) is 34.7 Å². The highest BCUT2D eigenvalue weighted by atomic mass is 35.5. The predicted octanol–water partition coefficient (Wildman–Crippen LogP) is 4.81. The number of halogens is 1. The van der Waals surface area contributed by atoms with Crippen molar-refractivity contribution in [1.82, 2.24) is 4.90 Å². The molecule has 22 heavy (non-hydrogen) atoms. The Morgan fingerprint density at radius 2 is 2.23 bits per heavy atom. The molecule has 0 saturated carbocycles. The summed E-state index contributed by atoms with van der Waals surface area (Å²) < 4.78 is 5.21. The molecule has 2 rings (SSSR count). The molecule has 1 N–H and O–H groups in total. The van der Waals surface area contributed by atoms with Gasteiger partial charge in [-0.15, -0.1) is 11.3 Å². The van der Waals surface area contributed by atoms with E-state index in [9.17, 15) is 0 Å². The Morgan fingerprint density at radius 3 is 2.86 bits per heavy atom. The van der Waals surface area contributed by atoms with E-state index in [4.69, 9.17) is 28.6 Å². The van der Waals surface area contributed by atoms with Gasteiger partial charge < -0.3 is 15.0 Å². The lowest BCUT2D eigenvalue weighted by Crippen LogP contribution is -2.38. The molecule has 1 atom stereocenters. The van der Waals surface area contributed by atoms with Crippen molar-refractivity contribution in [2.24, 2.45) is 0 Å². The second kappa shape index (κ2) is 8.48. The van der Waals surface area contributed by atoms with Crippen molar-refractivity contribution in [2.45, 2.75) is 13.0 Å². The Labute approximate surface area is 145 Å². The molecule has 0 radical (unpaired) electrons. The summed E-state index contributed by atoms with van der Waals surface area (Å²) in [6, 6.07) is 11.9. The fourth-order valence-electron chi connectivity index (χ4n) is 2.10. The third kappa shape index (κ3) is 4.68. The minimum Gasteiger partial charge on any atom is -0.383 e. The molecule has 1 heterocycles. The van der Waals surface area contributed by atoms with E-state index in [1.807, 2.05) is 24.3 Å².